The number of nitrogens with one attached hydrogen (secondary N) is 1. The van der Waals surface area contributed by atoms with E-state index in [1.165, 1.54) is 0 Å². The normalized spacial score (nSPS) is 19.9. The van der Waals surface area contributed by atoms with E-state index in [4.69, 9.17) is 21.0 Å². The Morgan fingerprint density at radius 1 is 1.46 bits per heavy atom. The summed E-state index contributed by atoms with van der Waals surface area (Å²) in [6, 6.07) is 0. The van der Waals surface area contributed by atoms with Gasteiger partial charge in [-0.1, -0.05) is 18.6 Å². The number of nitrogen functional groups attached to an aromatic ring is 1. The van der Waals surface area contributed by atoms with Crippen LogP contribution in [0.15, 0.2) is 4.79 Å². The number of fused-ring (bicyclic) bond motifs is 1. The van der Waals surface area contributed by atoms with Gasteiger partial charge in [-0.15, -0.1) is 5.10 Å². The zero-order chi connectivity index (χ0) is 18.8. The van der Waals surface area contributed by atoms with E-state index < -0.39 is 17.8 Å². The quantitative estimate of drug-likeness (QED) is 0.485. The first-order chi connectivity index (χ1) is 12.4. The van der Waals surface area contributed by atoms with Gasteiger partial charge in [0.15, 0.2) is 11.7 Å². The van der Waals surface area contributed by atoms with Crippen LogP contribution in [0, 0.1) is 5.41 Å². The predicted molar refractivity (Wildman–Crippen MR) is 90.9 cm³/mol. The highest BCUT2D eigenvalue weighted by atomic mass is 16.5. The molecule has 1 fully saturated rings. The third-order valence-electron chi connectivity index (χ3n) is 4.33. The molecule has 140 valence electrons. The molecule has 1 aliphatic heterocycles. The Morgan fingerprint density at radius 2 is 2.23 bits per heavy atom. The highest BCUT2D eigenvalue weighted by Crippen LogP contribution is 2.29. The van der Waals surface area contributed by atoms with Gasteiger partial charge in [-0.2, -0.15) is 14.5 Å². The van der Waals surface area contributed by atoms with Crippen LogP contribution in [0.4, 0.5) is 0 Å². The number of nitrogens with zero attached hydrogens (tertiary/aromatic N) is 5. The third kappa shape index (κ3) is 3.29. The molecule has 0 aromatic carbocycles. The SMILES string of the molecule is CCCc1nn(C(=N)N)c2c(=O)n(C3CCC(CCC(=O)O)O3)nnc12. The molecular weight excluding hydrogens is 342 g/mol. The molecule has 0 bridgehead atoms. The maximum absolute atomic E-state index is 12.9. The molecule has 1 aliphatic rings. The molecule has 2 aromatic heterocycles. The molecule has 0 aliphatic carbocycles. The van der Waals surface area contributed by atoms with E-state index >= 15 is 0 Å². The van der Waals surface area contributed by atoms with E-state index in [0.717, 1.165) is 15.8 Å². The average molecular weight is 363 g/mol. The molecule has 26 heavy (non-hydrogen) atoms. The number of rotatable bonds is 6. The summed E-state index contributed by atoms with van der Waals surface area (Å²) in [6.45, 7) is 1.97. The monoisotopic (exact) mass is 363 g/mol. The second kappa shape index (κ2) is 7.20. The Hall–Kier alpha value is -2.82. The lowest BCUT2D eigenvalue weighted by molar-refractivity contribution is -0.138. The average Bonchev–Trinajstić information content (AvgIpc) is 3.19. The molecule has 11 heteroatoms. The van der Waals surface area contributed by atoms with Gasteiger partial charge in [0.2, 0.25) is 5.96 Å². The van der Waals surface area contributed by atoms with Gasteiger partial charge in [-0.05, 0) is 25.7 Å². The fourth-order valence-electron chi connectivity index (χ4n) is 3.13. The van der Waals surface area contributed by atoms with E-state index in [2.05, 4.69) is 15.4 Å². The fraction of sp³-hybridized carbons (Fsp3) is 0.600. The molecule has 0 radical (unpaired) electrons. The van der Waals surface area contributed by atoms with Crippen molar-refractivity contribution in [2.24, 2.45) is 5.73 Å². The van der Waals surface area contributed by atoms with Crippen molar-refractivity contribution >= 4 is 23.0 Å². The van der Waals surface area contributed by atoms with Gasteiger partial charge in [0.1, 0.15) is 5.52 Å². The number of hydrogen-bond donors (Lipinski definition) is 3. The van der Waals surface area contributed by atoms with Crippen LogP contribution in [0.2, 0.25) is 0 Å². The van der Waals surface area contributed by atoms with Gasteiger partial charge >= 0.3 is 5.97 Å². The molecule has 1 saturated heterocycles. The minimum Gasteiger partial charge on any atom is -0.481 e. The summed E-state index contributed by atoms with van der Waals surface area (Å²) in [7, 11) is 0. The Kier molecular flexibility index (Phi) is 4.98. The minimum atomic E-state index is -0.885. The number of carboxylic acids is 1. The molecule has 3 heterocycles. The van der Waals surface area contributed by atoms with Gasteiger partial charge in [0.05, 0.1) is 11.8 Å². The maximum atomic E-state index is 12.9. The number of aliphatic carboxylic acids is 1. The third-order valence-corrected chi connectivity index (χ3v) is 4.33. The molecule has 2 aromatic rings. The Morgan fingerprint density at radius 3 is 2.88 bits per heavy atom. The van der Waals surface area contributed by atoms with Crippen LogP contribution >= 0.6 is 0 Å². The van der Waals surface area contributed by atoms with E-state index in [1.807, 2.05) is 6.92 Å². The lowest BCUT2D eigenvalue weighted by atomic mass is 10.1. The fourth-order valence-corrected chi connectivity index (χ4v) is 3.13. The Labute approximate surface area is 148 Å². The van der Waals surface area contributed by atoms with Crippen molar-refractivity contribution in [2.75, 3.05) is 0 Å². The minimum absolute atomic E-state index is 0.00842. The van der Waals surface area contributed by atoms with Crippen molar-refractivity contribution < 1.29 is 14.6 Å². The molecule has 11 nitrogen and oxygen atoms in total. The van der Waals surface area contributed by atoms with Crippen molar-refractivity contribution in [3.05, 3.63) is 16.0 Å². The number of nitrogens with two attached hydrogens (primary N) is 1. The zero-order valence-corrected chi connectivity index (χ0v) is 14.4. The van der Waals surface area contributed by atoms with Crippen molar-refractivity contribution in [3.63, 3.8) is 0 Å². The van der Waals surface area contributed by atoms with Crippen molar-refractivity contribution in [1.29, 1.82) is 5.41 Å². The summed E-state index contributed by atoms with van der Waals surface area (Å²) in [5.74, 6) is -1.26. The standard InChI is InChI=1S/C15H21N7O4/c1-2-3-9-12-13(22(19-9)15(16)17)14(25)21(20-18-12)10-6-4-8(26-10)5-7-11(23)24/h8,10H,2-7H2,1H3,(H3,16,17)(H,23,24). The summed E-state index contributed by atoms with van der Waals surface area (Å²) in [5, 5.41) is 28.7. The second-order valence-electron chi connectivity index (χ2n) is 6.25. The topological polar surface area (TPSA) is 162 Å². The molecule has 2 unspecified atom stereocenters. The van der Waals surface area contributed by atoms with Crippen LogP contribution in [-0.4, -0.2) is 47.9 Å². The van der Waals surface area contributed by atoms with Crippen molar-refractivity contribution in [1.82, 2.24) is 24.8 Å². The van der Waals surface area contributed by atoms with E-state index in [9.17, 15) is 9.59 Å². The van der Waals surface area contributed by atoms with Gasteiger partial charge < -0.3 is 15.6 Å². The first-order valence-electron chi connectivity index (χ1n) is 8.51. The van der Waals surface area contributed by atoms with Crippen LogP contribution in [-0.2, 0) is 16.0 Å². The second-order valence-corrected chi connectivity index (χ2v) is 6.25. The first-order valence-corrected chi connectivity index (χ1v) is 8.51. The predicted octanol–water partition coefficient (Wildman–Crippen LogP) is 0.224. The van der Waals surface area contributed by atoms with Gasteiger partial charge in [-0.25, -0.2) is 0 Å². The van der Waals surface area contributed by atoms with Crippen LogP contribution in [0.25, 0.3) is 11.0 Å². The van der Waals surface area contributed by atoms with Crippen LogP contribution < -0.4 is 11.3 Å². The van der Waals surface area contributed by atoms with Crippen molar-refractivity contribution in [2.45, 2.75) is 57.8 Å². The largest absolute Gasteiger partial charge is 0.481 e. The van der Waals surface area contributed by atoms with E-state index in [0.29, 0.717) is 36.9 Å². The van der Waals surface area contributed by atoms with E-state index in [1.54, 1.807) is 0 Å². The lowest BCUT2D eigenvalue weighted by Crippen LogP contribution is -2.32. The molecule has 0 amide bonds. The van der Waals surface area contributed by atoms with Gasteiger partial charge in [-0.3, -0.25) is 15.0 Å². The molecule has 2 atom stereocenters. The van der Waals surface area contributed by atoms with Crippen molar-refractivity contribution in [3.8, 4) is 0 Å². The number of carbonyl (C=O) groups is 1. The summed E-state index contributed by atoms with van der Waals surface area (Å²) in [4.78, 5) is 23.6. The zero-order valence-electron chi connectivity index (χ0n) is 14.4. The highest BCUT2D eigenvalue weighted by Gasteiger charge is 2.30. The number of hydrogen-bond acceptors (Lipinski definition) is 7. The molecule has 4 N–H and O–H groups in total. The molecule has 3 rings (SSSR count). The number of carboxylic acid groups (broad SMARTS) is 1. The van der Waals surface area contributed by atoms with Gasteiger partial charge in [0.25, 0.3) is 5.56 Å². The van der Waals surface area contributed by atoms with E-state index in [-0.39, 0.29) is 24.0 Å². The Balaban J connectivity index is 1.95. The van der Waals surface area contributed by atoms with Crippen LogP contribution in [0.1, 0.15) is 50.9 Å². The van der Waals surface area contributed by atoms with Crippen LogP contribution in [0.3, 0.4) is 0 Å². The Bertz CT molecular complexity index is 903. The maximum Gasteiger partial charge on any atom is 0.303 e. The summed E-state index contributed by atoms with van der Waals surface area (Å²) in [5.41, 5.74) is 6.08. The van der Waals surface area contributed by atoms with Crippen LogP contribution in [0.5, 0.6) is 0 Å². The number of aromatic nitrogens is 5. The number of aryl methyl sites for hydroxylation is 1. The smallest absolute Gasteiger partial charge is 0.303 e. The summed E-state index contributed by atoms with van der Waals surface area (Å²) < 4.78 is 7.96. The summed E-state index contributed by atoms with van der Waals surface area (Å²) >= 11 is 0. The highest BCUT2D eigenvalue weighted by molar-refractivity contribution is 5.89. The van der Waals surface area contributed by atoms with Gasteiger partial charge in [0, 0.05) is 6.42 Å². The summed E-state index contributed by atoms with van der Waals surface area (Å²) in [6.07, 6.45) is 2.07. The number of ether oxygens (including phenoxy) is 1. The molecule has 0 saturated carbocycles. The molecule has 0 spiro atoms. The lowest BCUT2D eigenvalue weighted by Gasteiger charge is -2.14. The molecular formula is C15H21N7O4. The first kappa shape index (κ1) is 18.0.